The highest BCUT2D eigenvalue weighted by atomic mass is 35.5. The van der Waals surface area contributed by atoms with Crippen LogP contribution in [-0.4, -0.2) is 31.2 Å². The topological polar surface area (TPSA) is 93.2 Å². The molecule has 0 amide bonds. The van der Waals surface area contributed by atoms with E-state index in [1.54, 1.807) is 36.4 Å². The van der Waals surface area contributed by atoms with E-state index in [2.05, 4.69) is 20.0 Å². The van der Waals surface area contributed by atoms with Crippen LogP contribution in [0.5, 0.6) is 5.75 Å². The van der Waals surface area contributed by atoms with Gasteiger partial charge in [0.2, 0.25) is 16.0 Å². The highest BCUT2D eigenvalue weighted by Crippen LogP contribution is 2.43. The minimum atomic E-state index is -4.57. The molecule has 0 saturated carbocycles. The Balaban J connectivity index is 1.81. The van der Waals surface area contributed by atoms with Crippen LogP contribution >= 0.6 is 11.6 Å². The molecule has 3 aromatic rings. The molecule has 0 saturated heterocycles. The summed E-state index contributed by atoms with van der Waals surface area (Å²) >= 11 is 6.31. The lowest BCUT2D eigenvalue weighted by atomic mass is 9.77. The van der Waals surface area contributed by atoms with Gasteiger partial charge in [0.05, 0.1) is 28.2 Å². The lowest BCUT2D eigenvalue weighted by molar-refractivity contribution is -0.137. The molecule has 0 aliphatic carbocycles. The molecule has 12 heteroatoms. The highest BCUT2D eigenvalue weighted by Gasteiger charge is 2.37. The Morgan fingerprint density at radius 1 is 1.05 bits per heavy atom. The second-order valence-corrected chi connectivity index (χ2v) is 11.1. The molecule has 7 nitrogen and oxygen atoms in total. The first-order chi connectivity index (χ1) is 17.2. The second-order valence-electron chi connectivity index (χ2n) is 8.99. The number of aromatic nitrogens is 2. The zero-order valence-electron chi connectivity index (χ0n) is 20.8. The van der Waals surface area contributed by atoms with Gasteiger partial charge in [0.15, 0.2) is 0 Å². The van der Waals surface area contributed by atoms with Crippen LogP contribution in [0.4, 0.5) is 24.8 Å². The lowest BCUT2D eigenvalue weighted by Crippen LogP contribution is -2.21. The van der Waals surface area contributed by atoms with Crippen molar-refractivity contribution >= 4 is 33.3 Å². The Morgan fingerprint density at radius 2 is 1.73 bits per heavy atom. The summed E-state index contributed by atoms with van der Waals surface area (Å²) in [6.07, 6.45) is -1.50. The molecule has 0 aliphatic rings. The third-order valence-corrected chi connectivity index (χ3v) is 6.47. The van der Waals surface area contributed by atoms with Gasteiger partial charge in [-0.3, -0.25) is 4.72 Å². The molecular formula is C25H28ClF3N4O3S. The maximum absolute atomic E-state index is 13.9. The van der Waals surface area contributed by atoms with E-state index in [0.717, 1.165) is 17.9 Å². The van der Waals surface area contributed by atoms with Gasteiger partial charge >= 0.3 is 6.18 Å². The number of ether oxygens (including phenoxy) is 1. The van der Waals surface area contributed by atoms with E-state index >= 15 is 0 Å². The molecule has 1 heterocycles. The van der Waals surface area contributed by atoms with Crippen molar-refractivity contribution in [1.29, 1.82) is 0 Å². The van der Waals surface area contributed by atoms with E-state index in [0.29, 0.717) is 30.0 Å². The number of rotatable bonds is 10. The molecular weight excluding hydrogens is 529 g/mol. The van der Waals surface area contributed by atoms with Gasteiger partial charge < -0.3 is 10.1 Å². The standard InChI is InChI=1S/C25H28ClF3N4O3S/c1-5-11-30-22-20(25(27,28)29)13-17(14-21(22)26)24(2,3)16-6-8-19(9-7-16)36-15-18-10-12-31-23(32-18)33-37(4,34)35/h6-10,12-14,30H,5,11,15H2,1-4H3,(H,31,32,33). The molecule has 1 aromatic heterocycles. The second kappa shape index (κ2) is 11.1. The first-order valence-corrected chi connectivity index (χ1v) is 13.7. The minimum Gasteiger partial charge on any atom is -0.487 e. The molecule has 0 unspecified atom stereocenters. The largest absolute Gasteiger partial charge is 0.487 e. The average molecular weight is 557 g/mol. The van der Waals surface area contributed by atoms with Crippen molar-refractivity contribution in [2.24, 2.45) is 0 Å². The van der Waals surface area contributed by atoms with Crippen molar-refractivity contribution in [1.82, 2.24) is 9.97 Å². The fourth-order valence-electron chi connectivity index (χ4n) is 3.60. The van der Waals surface area contributed by atoms with Crippen molar-refractivity contribution in [3.05, 3.63) is 76.1 Å². The summed E-state index contributed by atoms with van der Waals surface area (Å²) < 4.78 is 72.2. The van der Waals surface area contributed by atoms with Gasteiger partial charge in [-0.15, -0.1) is 0 Å². The Morgan fingerprint density at radius 3 is 2.32 bits per heavy atom. The Hall–Kier alpha value is -3.05. The predicted octanol–water partition coefficient (Wildman–Crippen LogP) is 6.25. The van der Waals surface area contributed by atoms with Crippen LogP contribution in [0.3, 0.4) is 0 Å². The molecule has 0 atom stereocenters. The predicted molar refractivity (Wildman–Crippen MR) is 139 cm³/mol. The number of hydrogen-bond acceptors (Lipinski definition) is 6. The fourth-order valence-corrected chi connectivity index (χ4v) is 4.32. The van der Waals surface area contributed by atoms with Crippen molar-refractivity contribution in [3.63, 3.8) is 0 Å². The summed E-state index contributed by atoms with van der Waals surface area (Å²) in [7, 11) is -3.51. The number of alkyl halides is 3. The van der Waals surface area contributed by atoms with E-state index in [1.165, 1.54) is 6.20 Å². The summed E-state index contributed by atoms with van der Waals surface area (Å²) in [5, 5.41) is 2.81. The van der Waals surface area contributed by atoms with Crippen LogP contribution in [0.2, 0.25) is 5.02 Å². The van der Waals surface area contributed by atoms with Crippen LogP contribution in [0.15, 0.2) is 48.7 Å². The zero-order chi connectivity index (χ0) is 27.4. The van der Waals surface area contributed by atoms with E-state index < -0.39 is 27.2 Å². The first kappa shape index (κ1) is 28.5. The van der Waals surface area contributed by atoms with Gasteiger partial charge in [0.25, 0.3) is 0 Å². The van der Waals surface area contributed by atoms with E-state index in [-0.39, 0.29) is 23.3 Å². The molecule has 200 valence electrons. The van der Waals surface area contributed by atoms with Crippen molar-refractivity contribution in [2.75, 3.05) is 22.8 Å². The number of nitrogens with one attached hydrogen (secondary N) is 2. The van der Waals surface area contributed by atoms with Crippen LogP contribution in [-0.2, 0) is 28.2 Å². The summed E-state index contributed by atoms with van der Waals surface area (Å²) in [4.78, 5) is 7.95. The third kappa shape index (κ3) is 7.48. The number of sulfonamides is 1. The molecule has 37 heavy (non-hydrogen) atoms. The third-order valence-electron chi connectivity index (χ3n) is 5.62. The molecule has 2 aromatic carbocycles. The van der Waals surface area contributed by atoms with Crippen LogP contribution in [0.1, 0.15) is 49.6 Å². The average Bonchev–Trinajstić information content (AvgIpc) is 2.80. The van der Waals surface area contributed by atoms with Crippen LogP contribution in [0, 0.1) is 0 Å². The lowest BCUT2D eigenvalue weighted by Gasteiger charge is -2.28. The normalized spacial score (nSPS) is 12.3. The monoisotopic (exact) mass is 556 g/mol. The van der Waals surface area contributed by atoms with Crippen molar-refractivity contribution in [2.45, 2.75) is 45.4 Å². The van der Waals surface area contributed by atoms with Gasteiger partial charge in [0, 0.05) is 18.2 Å². The molecule has 0 bridgehead atoms. The summed E-state index contributed by atoms with van der Waals surface area (Å²) in [5.74, 6) is 0.442. The minimum absolute atomic E-state index is 0.0147. The van der Waals surface area contributed by atoms with Gasteiger partial charge in [0.1, 0.15) is 12.4 Å². The number of nitrogens with zero attached hydrogens (tertiary/aromatic N) is 2. The van der Waals surface area contributed by atoms with Gasteiger partial charge in [-0.1, -0.05) is 44.5 Å². The Labute approximate surface area is 219 Å². The van der Waals surface area contributed by atoms with Gasteiger partial charge in [-0.25, -0.2) is 18.4 Å². The molecule has 0 fully saturated rings. The number of anilines is 2. The van der Waals surface area contributed by atoms with Crippen molar-refractivity contribution in [3.8, 4) is 5.75 Å². The first-order valence-electron chi connectivity index (χ1n) is 11.4. The van der Waals surface area contributed by atoms with Gasteiger partial charge in [-0.2, -0.15) is 13.2 Å². The number of benzene rings is 2. The quantitative estimate of drug-likeness (QED) is 0.307. The summed E-state index contributed by atoms with van der Waals surface area (Å²) in [5.41, 5.74) is -0.0568. The van der Waals surface area contributed by atoms with Crippen molar-refractivity contribution < 1.29 is 26.3 Å². The molecule has 0 radical (unpaired) electrons. The maximum Gasteiger partial charge on any atom is 0.418 e. The Bertz CT molecular complexity index is 1350. The SMILES string of the molecule is CCCNc1c(Cl)cc(C(C)(C)c2ccc(OCc3ccnc(NS(C)(=O)=O)n3)cc2)cc1C(F)(F)F. The molecule has 0 spiro atoms. The van der Waals surface area contributed by atoms with E-state index in [1.807, 2.05) is 20.8 Å². The Kier molecular flexibility index (Phi) is 8.59. The smallest absolute Gasteiger partial charge is 0.418 e. The number of hydrogen-bond donors (Lipinski definition) is 2. The van der Waals surface area contributed by atoms with Crippen LogP contribution < -0.4 is 14.8 Å². The molecule has 2 N–H and O–H groups in total. The fraction of sp³-hybridized carbons (Fsp3) is 0.360. The van der Waals surface area contributed by atoms with Crippen LogP contribution in [0.25, 0.3) is 0 Å². The zero-order valence-corrected chi connectivity index (χ0v) is 22.4. The highest BCUT2D eigenvalue weighted by molar-refractivity contribution is 7.91. The number of halogens is 4. The molecule has 0 aliphatic heterocycles. The maximum atomic E-state index is 13.9. The summed E-state index contributed by atoms with van der Waals surface area (Å²) in [6.45, 7) is 5.94. The van der Waals surface area contributed by atoms with E-state index in [4.69, 9.17) is 16.3 Å². The summed E-state index contributed by atoms with van der Waals surface area (Å²) in [6, 6.07) is 11.3. The van der Waals surface area contributed by atoms with E-state index in [9.17, 15) is 21.6 Å². The molecule has 3 rings (SSSR count). The van der Waals surface area contributed by atoms with Gasteiger partial charge in [-0.05, 0) is 47.9 Å².